The van der Waals surface area contributed by atoms with Gasteiger partial charge in [0.2, 0.25) is 0 Å². The molecule has 9 nitrogen and oxygen atoms in total. The van der Waals surface area contributed by atoms with Crippen molar-refractivity contribution in [1.29, 1.82) is 10.5 Å². The third-order valence-corrected chi connectivity index (χ3v) is 5.62. The molecule has 0 aliphatic heterocycles. The van der Waals surface area contributed by atoms with E-state index in [4.69, 9.17) is 19.5 Å². The molecule has 9 heteroatoms. The number of anilines is 1. The van der Waals surface area contributed by atoms with Crippen LogP contribution in [0.25, 0.3) is 6.08 Å². The van der Waals surface area contributed by atoms with Crippen LogP contribution in [0, 0.1) is 36.5 Å². The summed E-state index contributed by atoms with van der Waals surface area (Å²) >= 11 is 0. The van der Waals surface area contributed by atoms with E-state index in [0.29, 0.717) is 35.0 Å². The largest absolute Gasteiger partial charge is 0.493 e. The minimum atomic E-state index is -0.716. The van der Waals surface area contributed by atoms with Gasteiger partial charge in [-0.3, -0.25) is 4.79 Å². The van der Waals surface area contributed by atoms with Crippen LogP contribution in [0.5, 0.6) is 11.5 Å². The van der Waals surface area contributed by atoms with E-state index in [-0.39, 0.29) is 6.61 Å². The lowest BCUT2D eigenvalue weighted by molar-refractivity contribution is -0.142. The number of benzene rings is 2. The Morgan fingerprint density at radius 1 is 1.08 bits per heavy atom. The highest BCUT2D eigenvalue weighted by Crippen LogP contribution is 2.29. The van der Waals surface area contributed by atoms with E-state index in [1.807, 2.05) is 54.8 Å². The summed E-state index contributed by atoms with van der Waals surface area (Å²) in [6.45, 7) is 3.54. The van der Waals surface area contributed by atoms with E-state index in [1.165, 1.54) is 19.3 Å². The lowest BCUT2D eigenvalue weighted by Gasteiger charge is -2.13. The van der Waals surface area contributed by atoms with Gasteiger partial charge in [0.15, 0.2) is 24.7 Å². The zero-order valence-electron chi connectivity index (χ0n) is 20.8. The van der Waals surface area contributed by atoms with Crippen LogP contribution >= 0.6 is 0 Å². The van der Waals surface area contributed by atoms with Gasteiger partial charge in [-0.1, -0.05) is 36.4 Å². The summed E-state index contributed by atoms with van der Waals surface area (Å²) in [4.78, 5) is 24.8. The molecule has 3 rings (SSSR count). The quantitative estimate of drug-likeness (QED) is 0.329. The van der Waals surface area contributed by atoms with Crippen molar-refractivity contribution < 1.29 is 23.8 Å². The van der Waals surface area contributed by atoms with Gasteiger partial charge in [0, 0.05) is 18.3 Å². The third kappa shape index (κ3) is 6.77. The molecule has 0 atom stereocenters. The summed E-state index contributed by atoms with van der Waals surface area (Å²) in [5, 5.41) is 21.0. The van der Waals surface area contributed by atoms with E-state index in [1.54, 1.807) is 18.2 Å². The molecule has 3 aromatic rings. The monoisotopic (exact) mass is 498 g/mol. The summed E-state index contributed by atoms with van der Waals surface area (Å²) in [5.74, 6) is -0.108. The van der Waals surface area contributed by atoms with Crippen LogP contribution in [0.3, 0.4) is 0 Å². The number of carbonyl (C=O) groups excluding carboxylic acids is 2. The Hall–Kier alpha value is -5.02. The van der Waals surface area contributed by atoms with Gasteiger partial charge in [-0.05, 0) is 48.7 Å². The molecule has 188 valence electrons. The Morgan fingerprint density at radius 3 is 2.51 bits per heavy atom. The maximum Gasteiger partial charge on any atom is 0.331 e. The lowest BCUT2D eigenvalue weighted by Crippen LogP contribution is -2.22. The molecule has 0 spiro atoms. The number of methoxy groups -OCH3 is 1. The zero-order chi connectivity index (χ0) is 26.8. The van der Waals surface area contributed by atoms with Crippen molar-refractivity contribution in [3.05, 3.63) is 82.6 Å². The SMILES string of the molecule is COc1cc(/C=C/C(=O)OCC(=O)Nc2c(C#N)c(C)c(C)n2Cc2ccccc2)ccc1OCC#N. The highest BCUT2D eigenvalue weighted by Gasteiger charge is 2.20. The molecule has 0 aliphatic carbocycles. The van der Waals surface area contributed by atoms with Crippen molar-refractivity contribution in [2.75, 3.05) is 25.6 Å². The molecule has 0 unspecified atom stereocenters. The summed E-state index contributed by atoms with van der Waals surface area (Å²) in [6, 6.07) is 18.7. The van der Waals surface area contributed by atoms with Crippen LogP contribution in [-0.4, -0.2) is 36.8 Å². The number of rotatable bonds is 10. The molecule has 1 heterocycles. The van der Waals surface area contributed by atoms with Crippen LogP contribution in [0.1, 0.15) is 27.9 Å². The molecule has 0 saturated heterocycles. The average molecular weight is 499 g/mol. The zero-order valence-corrected chi connectivity index (χ0v) is 20.8. The number of nitrogens with one attached hydrogen (secondary N) is 1. The molecule has 0 fully saturated rings. The Bertz CT molecular complexity index is 1390. The van der Waals surface area contributed by atoms with Crippen LogP contribution in [0.15, 0.2) is 54.6 Å². The van der Waals surface area contributed by atoms with E-state index < -0.39 is 18.5 Å². The van der Waals surface area contributed by atoms with Gasteiger partial charge in [0.25, 0.3) is 5.91 Å². The minimum absolute atomic E-state index is 0.119. The number of aromatic nitrogens is 1. The van der Waals surface area contributed by atoms with Gasteiger partial charge in [-0.25, -0.2) is 4.79 Å². The Kier molecular flexibility index (Phi) is 9.06. The number of nitriles is 2. The second-order valence-corrected chi connectivity index (χ2v) is 7.96. The smallest absolute Gasteiger partial charge is 0.331 e. The van der Waals surface area contributed by atoms with Crippen molar-refractivity contribution in [3.8, 4) is 23.6 Å². The Labute approximate surface area is 215 Å². The van der Waals surface area contributed by atoms with Gasteiger partial charge in [-0.2, -0.15) is 10.5 Å². The highest BCUT2D eigenvalue weighted by molar-refractivity contribution is 5.95. The van der Waals surface area contributed by atoms with Crippen LogP contribution in [0.2, 0.25) is 0 Å². The molecule has 2 aromatic carbocycles. The first-order valence-electron chi connectivity index (χ1n) is 11.3. The number of hydrogen-bond donors (Lipinski definition) is 1. The van der Waals surface area contributed by atoms with Crippen molar-refractivity contribution >= 4 is 23.8 Å². The lowest BCUT2D eigenvalue weighted by atomic mass is 10.2. The summed E-state index contributed by atoms with van der Waals surface area (Å²) in [5.41, 5.74) is 3.64. The number of amides is 1. The maximum atomic E-state index is 12.6. The van der Waals surface area contributed by atoms with Gasteiger partial charge in [0.05, 0.1) is 12.7 Å². The number of esters is 1. The standard InChI is InChI=1S/C28H26N4O5/c1-19-20(2)32(17-22-7-5-4-6-8-22)28(23(19)16-30)31-26(33)18-37-27(34)12-10-21-9-11-24(36-14-13-29)25(15-21)35-3/h4-12,15H,14,17-18H2,1-3H3,(H,31,33)/b12-10+. The van der Waals surface area contributed by atoms with Gasteiger partial charge in [-0.15, -0.1) is 0 Å². The van der Waals surface area contributed by atoms with Crippen LogP contribution in [-0.2, 0) is 20.9 Å². The van der Waals surface area contributed by atoms with Crippen molar-refractivity contribution in [2.24, 2.45) is 0 Å². The van der Waals surface area contributed by atoms with Crippen molar-refractivity contribution in [2.45, 2.75) is 20.4 Å². The second-order valence-electron chi connectivity index (χ2n) is 7.96. The minimum Gasteiger partial charge on any atom is -0.493 e. The topological polar surface area (TPSA) is 126 Å². The molecule has 0 aliphatic rings. The number of ether oxygens (including phenoxy) is 3. The van der Waals surface area contributed by atoms with Gasteiger partial charge < -0.3 is 24.1 Å². The maximum absolute atomic E-state index is 12.6. The second kappa shape index (κ2) is 12.6. The number of carbonyl (C=O) groups is 2. The normalized spacial score (nSPS) is 10.4. The van der Waals surface area contributed by atoms with Crippen molar-refractivity contribution in [1.82, 2.24) is 4.57 Å². The molecule has 0 bridgehead atoms. The molecule has 0 saturated carbocycles. The predicted octanol–water partition coefficient (Wildman–Crippen LogP) is 4.13. The fourth-order valence-corrected chi connectivity index (χ4v) is 3.63. The van der Waals surface area contributed by atoms with E-state index in [9.17, 15) is 14.9 Å². The van der Waals surface area contributed by atoms with Gasteiger partial charge >= 0.3 is 5.97 Å². The van der Waals surface area contributed by atoms with Crippen LogP contribution < -0.4 is 14.8 Å². The Morgan fingerprint density at radius 2 is 1.84 bits per heavy atom. The van der Waals surface area contributed by atoms with Crippen LogP contribution in [0.4, 0.5) is 5.82 Å². The predicted molar refractivity (Wildman–Crippen MR) is 137 cm³/mol. The summed E-state index contributed by atoms with van der Waals surface area (Å²) < 4.78 is 17.4. The van der Waals surface area contributed by atoms with E-state index in [0.717, 1.165) is 16.8 Å². The van der Waals surface area contributed by atoms with Gasteiger partial charge in [0.1, 0.15) is 18.0 Å². The van der Waals surface area contributed by atoms with Crippen molar-refractivity contribution in [3.63, 3.8) is 0 Å². The van der Waals surface area contributed by atoms with E-state index in [2.05, 4.69) is 11.4 Å². The molecule has 1 aromatic heterocycles. The van der Waals surface area contributed by atoms with E-state index >= 15 is 0 Å². The molecule has 1 amide bonds. The first kappa shape index (κ1) is 26.6. The highest BCUT2D eigenvalue weighted by atomic mass is 16.5. The Balaban J connectivity index is 1.64. The number of hydrogen-bond acceptors (Lipinski definition) is 7. The fourth-order valence-electron chi connectivity index (χ4n) is 3.63. The first-order valence-corrected chi connectivity index (χ1v) is 11.3. The molecular formula is C28H26N4O5. The average Bonchev–Trinajstić information content (AvgIpc) is 3.13. The molecule has 1 N–H and O–H groups in total. The number of nitrogens with zero attached hydrogens (tertiary/aromatic N) is 3. The summed E-state index contributed by atoms with van der Waals surface area (Å²) in [7, 11) is 1.46. The fraction of sp³-hybridized carbons (Fsp3) is 0.214. The molecule has 37 heavy (non-hydrogen) atoms. The summed E-state index contributed by atoms with van der Waals surface area (Å²) in [6.07, 6.45) is 2.69. The molecular weight excluding hydrogens is 472 g/mol. The first-order chi connectivity index (χ1) is 17.9. The third-order valence-electron chi connectivity index (χ3n) is 5.62. The molecule has 0 radical (unpaired) electrons.